The zero-order valence-corrected chi connectivity index (χ0v) is 12.5. The van der Waals surface area contributed by atoms with Crippen LogP contribution in [0, 0.1) is 5.92 Å². The highest BCUT2D eigenvalue weighted by Gasteiger charge is 2.33. The number of likely N-dealkylation sites (tertiary alicyclic amines) is 1. The number of hydrogen-bond donors (Lipinski definition) is 3. The first-order chi connectivity index (χ1) is 10.7. The second-order valence-corrected chi connectivity index (χ2v) is 5.62. The molecule has 1 saturated heterocycles. The SMILES string of the molecule is CC1CCCN(C(=O)Nc2cc(C(F)(F)F)c[nH]c2=O)C1CO. The summed E-state index contributed by atoms with van der Waals surface area (Å²) in [7, 11) is 0. The molecule has 1 fully saturated rings. The first kappa shape index (κ1) is 17.3. The minimum Gasteiger partial charge on any atom is -0.394 e. The van der Waals surface area contributed by atoms with Crippen molar-refractivity contribution in [3.05, 3.63) is 28.2 Å². The number of alkyl halides is 3. The van der Waals surface area contributed by atoms with E-state index in [-0.39, 0.29) is 12.5 Å². The number of pyridine rings is 1. The fourth-order valence-electron chi connectivity index (χ4n) is 2.71. The second kappa shape index (κ2) is 6.61. The van der Waals surface area contributed by atoms with Gasteiger partial charge < -0.3 is 20.3 Å². The number of H-pyrrole nitrogens is 1. The van der Waals surface area contributed by atoms with E-state index < -0.39 is 35.1 Å². The molecule has 0 aliphatic carbocycles. The molecular formula is C14H18F3N3O3. The summed E-state index contributed by atoms with van der Waals surface area (Å²) in [5.41, 5.74) is -2.35. The fraction of sp³-hybridized carbons (Fsp3) is 0.571. The van der Waals surface area contributed by atoms with Crippen molar-refractivity contribution in [1.29, 1.82) is 0 Å². The van der Waals surface area contributed by atoms with Crippen LogP contribution in [0.15, 0.2) is 17.1 Å². The van der Waals surface area contributed by atoms with Gasteiger partial charge in [-0.2, -0.15) is 13.2 Å². The van der Waals surface area contributed by atoms with Gasteiger partial charge in [-0.15, -0.1) is 0 Å². The van der Waals surface area contributed by atoms with Gasteiger partial charge in [-0.3, -0.25) is 4.79 Å². The Labute approximate surface area is 130 Å². The highest BCUT2D eigenvalue weighted by molar-refractivity contribution is 5.89. The summed E-state index contributed by atoms with van der Waals surface area (Å²) in [6, 6.07) is -0.521. The summed E-state index contributed by atoms with van der Waals surface area (Å²) >= 11 is 0. The van der Waals surface area contributed by atoms with E-state index in [0.29, 0.717) is 18.8 Å². The van der Waals surface area contributed by atoms with Crippen LogP contribution in [0.5, 0.6) is 0 Å². The Hall–Kier alpha value is -2.03. The van der Waals surface area contributed by atoms with Crippen LogP contribution in [0.25, 0.3) is 0 Å². The molecule has 2 heterocycles. The molecule has 6 nitrogen and oxygen atoms in total. The van der Waals surface area contributed by atoms with Crippen molar-refractivity contribution in [2.24, 2.45) is 5.92 Å². The predicted molar refractivity (Wildman–Crippen MR) is 77.1 cm³/mol. The molecule has 2 unspecified atom stereocenters. The fourth-order valence-corrected chi connectivity index (χ4v) is 2.71. The van der Waals surface area contributed by atoms with E-state index in [2.05, 4.69) is 5.32 Å². The highest BCUT2D eigenvalue weighted by Crippen LogP contribution is 2.29. The number of aliphatic hydroxyl groups is 1. The zero-order chi connectivity index (χ0) is 17.2. The van der Waals surface area contributed by atoms with Crippen LogP contribution in [0.3, 0.4) is 0 Å². The number of hydrogen-bond acceptors (Lipinski definition) is 3. The largest absolute Gasteiger partial charge is 0.417 e. The summed E-state index contributed by atoms with van der Waals surface area (Å²) < 4.78 is 38.0. The third-order valence-corrected chi connectivity index (χ3v) is 4.04. The van der Waals surface area contributed by atoms with Crippen molar-refractivity contribution in [2.75, 3.05) is 18.5 Å². The van der Waals surface area contributed by atoms with Gasteiger partial charge in [-0.05, 0) is 24.8 Å². The zero-order valence-electron chi connectivity index (χ0n) is 12.5. The molecule has 128 valence electrons. The van der Waals surface area contributed by atoms with Crippen molar-refractivity contribution in [2.45, 2.75) is 32.0 Å². The van der Waals surface area contributed by atoms with Gasteiger partial charge in [0.15, 0.2) is 0 Å². The molecule has 2 atom stereocenters. The average Bonchev–Trinajstić information content (AvgIpc) is 2.48. The standard InChI is InChI=1S/C14H18F3N3O3/c1-8-3-2-4-20(11(8)7-21)13(23)19-10-5-9(14(15,16)17)6-18-12(10)22/h5-6,8,11,21H,2-4,7H2,1H3,(H,18,22)(H,19,23). The van der Waals surface area contributed by atoms with Gasteiger partial charge in [0.1, 0.15) is 5.69 Å². The number of amides is 2. The number of piperidine rings is 1. The van der Waals surface area contributed by atoms with Crippen LogP contribution in [0.1, 0.15) is 25.3 Å². The average molecular weight is 333 g/mol. The lowest BCUT2D eigenvalue weighted by Crippen LogP contribution is -2.51. The smallest absolute Gasteiger partial charge is 0.394 e. The van der Waals surface area contributed by atoms with Gasteiger partial charge in [-0.1, -0.05) is 6.92 Å². The number of aromatic nitrogens is 1. The minimum atomic E-state index is -4.63. The van der Waals surface area contributed by atoms with E-state index in [4.69, 9.17) is 0 Å². The third kappa shape index (κ3) is 3.84. The molecule has 0 spiro atoms. The maximum Gasteiger partial charge on any atom is 0.417 e. The highest BCUT2D eigenvalue weighted by atomic mass is 19.4. The molecule has 1 aliphatic rings. The number of anilines is 1. The summed E-state index contributed by atoms with van der Waals surface area (Å²) in [5.74, 6) is 0.0688. The minimum absolute atomic E-state index is 0.0688. The van der Waals surface area contributed by atoms with Crippen molar-refractivity contribution >= 4 is 11.7 Å². The topological polar surface area (TPSA) is 85.4 Å². The number of rotatable bonds is 2. The van der Waals surface area contributed by atoms with E-state index in [1.165, 1.54) is 4.90 Å². The Morgan fingerprint density at radius 1 is 1.52 bits per heavy atom. The number of halogens is 3. The molecule has 0 bridgehead atoms. The number of nitrogens with one attached hydrogen (secondary N) is 2. The normalized spacial score (nSPS) is 22.0. The Morgan fingerprint density at radius 2 is 2.22 bits per heavy atom. The number of aromatic amines is 1. The first-order valence-corrected chi connectivity index (χ1v) is 7.22. The molecule has 1 aliphatic heterocycles. The lowest BCUT2D eigenvalue weighted by Gasteiger charge is -2.38. The number of nitrogens with zero attached hydrogens (tertiary/aromatic N) is 1. The Bertz CT molecular complexity index is 630. The lowest BCUT2D eigenvalue weighted by molar-refractivity contribution is -0.137. The molecule has 2 amide bonds. The van der Waals surface area contributed by atoms with Crippen LogP contribution in [0.2, 0.25) is 0 Å². The van der Waals surface area contributed by atoms with Gasteiger partial charge in [0.05, 0.1) is 18.2 Å². The van der Waals surface area contributed by atoms with Crippen LogP contribution in [-0.2, 0) is 6.18 Å². The van der Waals surface area contributed by atoms with E-state index in [1.54, 1.807) is 0 Å². The number of aliphatic hydroxyl groups excluding tert-OH is 1. The predicted octanol–water partition coefficient (Wildman–Crippen LogP) is 2.02. The number of carbonyl (C=O) groups excluding carboxylic acids is 1. The molecule has 0 aromatic carbocycles. The Balaban J connectivity index is 2.21. The second-order valence-electron chi connectivity index (χ2n) is 5.62. The van der Waals surface area contributed by atoms with Crippen LogP contribution in [0.4, 0.5) is 23.7 Å². The summed E-state index contributed by atoms with van der Waals surface area (Å²) in [4.78, 5) is 27.2. The van der Waals surface area contributed by atoms with Crippen molar-refractivity contribution in [3.8, 4) is 0 Å². The van der Waals surface area contributed by atoms with Crippen LogP contribution >= 0.6 is 0 Å². The van der Waals surface area contributed by atoms with Gasteiger partial charge >= 0.3 is 12.2 Å². The van der Waals surface area contributed by atoms with E-state index >= 15 is 0 Å². The third-order valence-electron chi connectivity index (χ3n) is 4.04. The van der Waals surface area contributed by atoms with Crippen molar-refractivity contribution in [1.82, 2.24) is 9.88 Å². The summed E-state index contributed by atoms with van der Waals surface area (Å²) in [6.45, 7) is 2.02. The lowest BCUT2D eigenvalue weighted by atomic mass is 9.91. The molecule has 0 saturated carbocycles. The summed E-state index contributed by atoms with van der Waals surface area (Å²) in [6.07, 6.45) is -2.50. The quantitative estimate of drug-likeness (QED) is 0.774. The van der Waals surface area contributed by atoms with Gasteiger partial charge in [0.2, 0.25) is 0 Å². The van der Waals surface area contributed by atoms with Crippen molar-refractivity contribution < 1.29 is 23.1 Å². The van der Waals surface area contributed by atoms with Crippen molar-refractivity contribution in [3.63, 3.8) is 0 Å². The van der Waals surface area contributed by atoms with Gasteiger partial charge in [-0.25, -0.2) is 4.79 Å². The van der Waals surface area contributed by atoms with Gasteiger partial charge in [0, 0.05) is 12.7 Å². The number of carbonyl (C=O) groups is 1. The Kier molecular flexibility index (Phi) is 4.98. The molecular weight excluding hydrogens is 315 g/mol. The van der Waals surface area contributed by atoms with Crippen LogP contribution in [-0.4, -0.2) is 40.2 Å². The maximum atomic E-state index is 12.7. The van der Waals surface area contributed by atoms with Gasteiger partial charge in [0.25, 0.3) is 5.56 Å². The van der Waals surface area contributed by atoms with E-state index in [9.17, 15) is 27.9 Å². The monoisotopic (exact) mass is 333 g/mol. The molecule has 9 heteroatoms. The van der Waals surface area contributed by atoms with Crippen LogP contribution < -0.4 is 10.9 Å². The molecule has 1 aromatic rings. The Morgan fingerprint density at radius 3 is 2.83 bits per heavy atom. The number of urea groups is 1. The molecule has 2 rings (SSSR count). The molecule has 3 N–H and O–H groups in total. The molecule has 23 heavy (non-hydrogen) atoms. The van der Waals surface area contributed by atoms with E-state index in [0.717, 1.165) is 12.8 Å². The molecule has 0 radical (unpaired) electrons. The maximum absolute atomic E-state index is 12.7. The first-order valence-electron chi connectivity index (χ1n) is 7.22. The molecule has 1 aromatic heterocycles. The van der Waals surface area contributed by atoms with E-state index in [1.807, 2.05) is 11.9 Å². The summed E-state index contributed by atoms with van der Waals surface area (Å²) in [5, 5.41) is 11.6.